The van der Waals surface area contributed by atoms with Gasteiger partial charge >= 0.3 is 0 Å². The van der Waals surface area contributed by atoms with Crippen molar-refractivity contribution in [1.29, 1.82) is 0 Å². The predicted molar refractivity (Wildman–Crippen MR) is 91.6 cm³/mol. The van der Waals surface area contributed by atoms with Crippen LogP contribution in [0.3, 0.4) is 0 Å². The summed E-state index contributed by atoms with van der Waals surface area (Å²) < 4.78 is 0. The van der Waals surface area contributed by atoms with Crippen LogP contribution in [-0.2, 0) is 0 Å². The lowest BCUT2D eigenvalue weighted by Crippen LogP contribution is -2.25. The summed E-state index contributed by atoms with van der Waals surface area (Å²) in [6.07, 6.45) is 1.93. The van der Waals surface area contributed by atoms with Gasteiger partial charge in [0, 0.05) is 16.0 Å². The first-order valence-electron chi connectivity index (χ1n) is 7.20. The molecule has 0 saturated heterocycles. The number of aliphatic hydroxyl groups is 1. The molecule has 22 heavy (non-hydrogen) atoms. The van der Waals surface area contributed by atoms with Crippen molar-refractivity contribution in [2.24, 2.45) is 0 Å². The predicted octanol–water partition coefficient (Wildman–Crippen LogP) is 3.49. The monoisotopic (exact) mass is 284 g/mol. The highest BCUT2D eigenvalue weighted by Crippen LogP contribution is 2.06. The summed E-state index contributed by atoms with van der Waals surface area (Å²) in [6.45, 7) is 0. The maximum absolute atomic E-state index is 10.5. The lowest BCUT2D eigenvalue weighted by atomic mass is 10.1. The van der Waals surface area contributed by atoms with Gasteiger partial charge in [-0.1, -0.05) is 78.9 Å². The Bertz CT molecular complexity index is 903. The first-order valence-corrected chi connectivity index (χ1v) is 7.20. The van der Waals surface area contributed by atoms with Crippen molar-refractivity contribution in [2.75, 3.05) is 0 Å². The molecule has 1 N–H and O–H groups in total. The fourth-order valence-corrected chi connectivity index (χ4v) is 2.28. The van der Waals surface area contributed by atoms with Gasteiger partial charge in [0.15, 0.2) is 0 Å². The summed E-state index contributed by atoms with van der Waals surface area (Å²) in [6, 6.07) is 27.3. The zero-order valence-corrected chi connectivity index (χ0v) is 12.1. The van der Waals surface area contributed by atoms with Crippen LogP contribution in [0.15, 0.2) is 84.9 Å². The second kappa shape index (κ2) is 6.62. The molecule has 0 aliphatic heterocycles. The third-order valence-electron chi connectivity index (χ3n) is 3.42. The Balaban J connectivity index is 2.22. The molecular formula is C21H16O. The molecule has 0 aromatic heterocycles. The van der Waals surface area contributed by atoms with Gasteiger partial charge in [-0.2, -0.15) is 0 Å². The average Bonchev–Trinajstić information content (AvgIpc) is 2.61. The average molecular weight is 284 g/mol. The quantitative estimate of drug-likeness (QED) is 0.763. The molecule has 0 aliphatic rings. The van der Waals surface area contributed by atoms with Gasteiger partial charge in [-0.3, -0.25) is 0 Å². The van der Waals surface area contributed by atoms with E-state index in [0.717, 1.165) is 21.6 Å². The first kappa shape index (κ1) is 13.9. The van der Waals surface area contributed by atoms with E-state index in [-0.39, 0.29) is 5.76 Å². The van der Waals surface area contributed by atoms with Crippen LogP contribution in [0.1, 0.15) is 11.1 Å². The lowest BCUT2D eigenvalue weighted by Gasteiger charge is -1.99. The molecule has 0 fully saturated rings. The normalized spacial score (nSPS) is 11.5. The van der Waals surface area contributed by atoms with E-state index in [1.54, 1.807) is 0 Å². The number of rotatable bonds is 2. The Labute approximate surface area is 129 Å². The molecule has 0 bridgehead atoms. The van der Waals surface area contributed by atoms with E-state index in [9.17, 15) is 5.11 Å². The molecule has 3 aromatic rings. The Kier molecular flexibility index (Phi) is 4.20. The van der Waals surface area contributed by atoms with Crippen LogP contribution in [0, 0.1) is 0 Å². The summed E-state index contributed by atoms with van der Waals surface area (Å²) >= 11 is 0. The van der Waals surface area contributed by atoms with Crippen molar-refractivity contribution in [3.8, 4) is 0 Å². The number of benzene rings is 3. The second-order valence-corrected chi connectivity index (χ2v) is 4.96. The zero-order valence-electron chi connectivity index (χ0n) is 12.1. The van der Waals surface area contributed by atoms with E-state index in [0.29, 0.717) is 0 Å². The van der Waals surface area contributed by atoms with E-state index in [1.165, 1.54) is 0 Å². The molecule has 3 aromatic carbocycles. The van der Waals surface area contributed by atoms with Gasteiger partial charge < -0.3 is 5.11 Å². The summed E-state index contributed by atoms with van der Waals surface area (Å²) in [7, 11) is 0. The first-order chi connectivity index (χ1) is 10.8. The summed E-state index contributed by atoms with van der Waals surface area (Å²) in [5.41, 5.74) is 5.16. The van der Waals surface area contributed by atoms with E-state index >= 15 is 0 Å². The molecule has 0 aliphatic carbocycles. The molecular weight excluding hydrogens is 268 g/mol. The highest BCUT2D eigenvalue weighted by atomic mass is 16.3. The molecule has 0 heterocycles. The van der Waals surface area contributed by atoms with E-state index in [1.807, 2.05) is 91.0 Å². The Morgan fingerprint density at radius 1 is 0.727 bits per heavy atom. The minimum atomic E-state index is 0.269. The van der Waals surface area contributed by atoms with Crippen LogP contribution < -0.4 is 10.4 Å². The summed E-state index contributed by atoms with van der Waals surface area (Å²) in [5, 5.41) is 12.2. The lowest BCUT2D eigenvalue weighted by molar-refractivity contribution is 0.507. The molecule has 0 spiro atoms. The Morgan fingerprint density at radius 2 is 1.32 bits per heavy atom. The van der Waals surface area contributed by atoms with Gasteiger partial charge in [0.2, 0.25) is 0 Å². The van der Waals surface area contributed by atoms with Crippen molar-refractivity contribution in [2.45, 2.75) is 0 Å². The van der Waals surface area contributed by atoms with Crippen molar-refractivity contribution >= 4 is 17.6 Å². The van der Waals surface area contributed by atoms with Gasteiger partial charge in [-0.25, -0.2) is 0 Å². The molecule has 1 nitrogen and oxygen atoms in total. The van der Waals surface area contributed by atoms with E-state index in [2.05, 4.69) is 5.73 Å². The molecule has 0 amide bonds. The highest BCUT2D eigenvalue weighted by Gasteiger charge is 1.99. The maximum atomic E-state index is 10.5. The summed E-state index contributed by atoms with van der Waals surface area (Å²) in [5.74, 6) is 0.269. The Morgan fingerprint density at radius 3 is 2.05 bits per heavy atom. The molecule has 0 saturated carbocycles. The van der Waals surface area contributed by atoms with E-state index in [4.69, 9.17) is 0 Å². The second-order valence-electron chi connectivity index (χ2n) is 4.96. The van der Waals surface area contributed by atoms with Crippen molar-refractivity contribution in [3.05, 3.63) is 106 Å². The third-order valence-corrected chi connectivity index (χ3v) is 3.42. The van der Waals surface area contributed by atoms with Gasteiger partial charge in [0.1, 0.15) is 5.76 Å². The minimum absolute atomic E-state index is 0.269. The van der Waals surface area contributed by atoms with E-state index < -0.39 is 0 Å². The number of aliphatic hydroxyl groups excluding tert-OH is 1. The minimum Gasteiger partial charge on any atom is -0.507 e. The third kappa shape index (κ3) is 3.17. The van der Waals surface area contributed by atoms with Crippen LogP contribution in [0.25, 0.3) is 17.6 Å². The zero-order chi connectivity index (χ0) is 15.2. The summed E-state index contributed by atoms with van der Waals surface area (Å²) in [4.78, 5) is 0. The molecule has 0 radical (unpaired) electrons. The van der Waals surface area contributed by atoms with Crippen molar-refractivity contribution in [3.63, 3.8) is 0 Å². The van der Waals surface area contributed by atoms with Crippen molar-refractivity contribution < 1.29 is 5.11 Å². The van der Waals surface area contributed by atoms with Crippen LogP contribution in [0.2, 0.25) is 0 Å². The fraction of sp³-hybridized carbons (Fsp3) is 0. The SMILES string of the molecule is O/C(c1ccccc1)=c1\ccccc1=C=Cc1ccccc1. The van der Waals surface area contributed by atoms with Crippen LogP contribution in [-0.4, -0.2) is 5.11 Å². The molecule has 0 unspecified atom stereocenters. The molecule has 0 atom stereocenters. The van der Waals surface area contributed by atoms with Gasteiger partial charge in [-0.05, 0) is 17.7 Å². The van der Waals surface area contributed by atoms with Crippen LogP contribution >= 0.6 is 0 Å². The Hall–Kier alpha value is -3.02. The standard InChI is InChI=1S/C21H16O/c22-21(19-12-5-2-6-13-19)20-14-8-7-11-18(20)16-15-17-9-3-1-4-10-17/h1-15,22H/b21-20+. The molecule has 3 rings (SSSR count). The van der Waals surface area contributed by atoms with Crippen LogP contribution in [0.4, 0.5) is 0 Å². The van der Waals surface area contributed by atoms with Gasteiger partial charge in [0.25, 0.3) is 0 Å². The molecule has 106 valence electrons. The highest BCUT2D eigenvalue weighted by molar-refractivity contribution is 5.62. The fourth-order valence-electron chi connectivity index (χ4n) is 2.28. The smallest absolute Gasteiger partial charge is 0.131 e. The maximum Gasteiger partial charge on any atom is 0.131 e. The molecule has 1 heteroatoms. The van der Waals surface area contributed by atoms with Crippen LogP contribution in [0.5, 0.6) is 0 Å². The number of hydrogen-bond donors (Lipinski definition) is 1. The van der Waals surface area contributed by atoms with Gasteiger partial charge in [-0.15, -0.1) is 5.73 Å². The van der Waals surface area contributed by atoms with Crippen molar-refractivity contribution in [1.82, 2.24) is 0 Å². The largest absolute Gasteiger partial charge is 0.507 e. The topological polar surface area (TPSA) is 20.2 Å². The number of hydrogen-bond acceptors (Lipinski definition) is 1. The van der Waals surface area contributed by atoms with Gasteiger partial charge in [0.05, 0.1) is 0 Å².